The van der Waals surface area contributed by atoms with E-state index in [4.69, 9.17) is 5.73 Å². The monoisotopic (exact) mass is 241 g/mol. The van der Waals surface area contributed by atoms with Crippen molar-refractivity contribution in [3.8, 4) is 0 Å². The molecular formula is C12H23N3O2. The van der Waals surface area contributed by atoms with Gasteiger partial charge < -0.3 is 15.7 Å². The van der Waals surface area contributed by atoms with Gasteiger partial charge in [-0.25, -0.2) is 0 Å². The van der Waals surface area contributed by atoms with Crippen LogP contribution in [0.15, 0.2) is 0 Å². The fourth-order valence-corrected chi connectivity index (χ4v) is 2.92. The molecule has 2 aliphatic rings. The van der Waals surface area contributed by atoms with Gasteiger partial charge in [0.05, 0.1) is 5.60 Å². The molecule has 0 aromatic carbocycles. The molecule has 1 aliphatic carbocycles. The quantitative estimate of drug-likeness (QED) is 0.647. The van der Waals surface area contributed by atoms with Gasteiger partial charge in [-0.1, -0.05) is 0 Å². The topological polar surface area (TPSA) is 69.8 Å². The Labute approximate surface area is 103 Å². The van der Waals surface area contributed by atoms with E-state index in [0.29, 0.717) is 12.6 Å². The summed E-state index contributed by atoms with van der Waals surface area (Å²) in [6.07, 6.45) is 4.60. The molecule has 1 aliphatic heterocycles. The third kappa shape index (κ3) is 2.97. The summed E-state index contributed by atoms with van der Waals surface area (Å²) in [5, 5.41) is 10.1. The Morgan fingerprint density at radius 3 is 2.29 bits per heavy atom. The second kappa shape index (κ2) is 5.33. The molecule has 0 atom stereocenters. The molecular weight excluding hydrogens is 218 g/mol. The summed E-state index contributed by atoms with van der Waals surface area (Å²) in [4.78, 5) is 14.9. The first-order valence-electron chi connectivity index (χ1n) is 6.53. The van der Waals surface area contributed by atoms with Crippen molar-refractivity contribution in [3.63, 3.8) is 0 Å². The van der Waals surface area contributed by atoms with E-state index in [9.17, 15) is 9.90 Å². The summed E-state index contributed by atoms with van der Waals surface area (Å²) in [5.74, 6) is 0. The molecule has 1 saturated heterocycles. The highest BCUT2D eigenvalue weighted by Gasteiger charge is 2.34. The highest BCUT2D eigenvalue weighted by atomic mass is 16.3. The molecule has 0 aromatic heterocycles. The van der Waals surface area contributed by atoms with Crippen molar-refractivity contribution in [3.05, 3.63) is 0 Å². The van der Waals surface area contributed by atoms with Gasteiger partial charge in [-0.05, 0) is 25.7 Å². The Morgan fingerprint density at radius 2 is 1.82 bits per heavy atom. The molecule has 5 nitrogen and oxygen atoms in total. The van der Waals surface area contributed by atoms with Crippen molar-refractivity contribution < 1.29 is 9.90 Å². The molecule has 0 aromatic rings. The maximum absolute atomic E-state index is 10.6. The minimum atomic E-state index is -0.624. The van der Waals surface area contributed by atoms with Crippen LogP contribution in [0.4, 0.5) is 0 Å². The van der Waals surface area contributed by atoms with Gasteiger partial charge in [0.25, 0.3) is 0 Å². The predicted octanol–water partition coefficient (Wildman–Crippen LogP) is -0.607. The summed E-state index contributed by atoms with van der Waals surface area (Å²) in [7, 11) is 0. The molecule has 17 heavy (non-hydrogen) atoms. The van der Waals surface area contributed by atoms with Gasteiger partial charge in [0, 0.05) is 38.8 Å². The zero-order valence-electron chi connectivity index (χ0n) is 10.3. The highest BCUT2D eigenvalue weighted by molar-refractivity contribution is 5.47. The van der Waals surface area contributed by atoms with Gasteiger partial charge >= 0.3 is 0 Å². The Bertz CT molecular complexity index is 256. The summed E-state index contributed by atoms with van der Waals surface area (Å²) < 4.78 is 0. The lowest BCUT2D eigenvalue weighted by Gasteiger charge is -2.43. The molecule has 0 bridgehead atoms. The van der Waals surface area contributed by atoms with E-state index in [1.165, 1.54) is 0 Å². The van der Waals surface area contributed by atoms with Gasteiger partial charge in [-0.15, -0.1) is 0 Å². The number of hydrogen-bond acceptors (Lipinski definition) is 4. The minimum Gasteiger partial charge on any atom is -0.389 e. The van der Waals surface area contributed by atoms with Crippen LogP contribution in [0.25, 0.3) is 0 Å². The average molecular weight is 241 g/mol. The van der Waals surface area contributed by atoms with Crippen molar-refractivity contribution in [2.24, 2.45) is 5.73 Å². The lowest BCUT2D eigenvalue weighted by molar-refractivity contribution is -0.120. The predicted molar refractivity (Wildman–Crippen MR) is 65.5 cm³/mol. The molecule has 2 fully saturated rings. The number of nitrogens with zero attached hydrogens (tertiary/aromatic N) is 2. The summed E-state index contributed by atoms with van der Waals surface area (Å²) in [6, 6.07) is 0.565. The van der Waals surface area contributed by atoms with Gasteiger partial charge in [0.1, 0.15) is 0 Å². The van der Waals surface area contributed by atoms with E-state index in [2.05, 4.69) is 4.90 Å². The Kier molecular flexibility index (Phi) is 4.01. The fraction of sp³-hybridized carbons (Fsp3) is 0.917. The second-order valence-electron chi connectivity index (χ2n) is 5.34. The summed E-state index contributed by atoms with van der Waals surface area (Å²) in [6.45, 7) is 3.97. The van der Waals surface area contributed by atoms with Crippen molar-refractivity contribution in [2.75, 3.05) is 32.7 Å². The smallest absolute Gasteiger partial charge is 0.209 e. The van der Waals surface area contributed by atoms with Gasteiger partial charge in [0.15, 0.2) is 0 Å². The van der Waals surface area contributed by atoms with Crippen molar-refractivity contribution in [2.45, 2.75) is 37.3 Å². The maximum Gasteiger partial charge on any atom is 0.209 e. The molecule has 5 heteroatoms. The number of nitrogens with two attached hydrogens (primary N) is 1. The molecule has 0 spiro atoms. The number of hydrogen-bond donors (Lipinski definition) is 2. The standard InChI is InChI=1S/C12H23N3O2/c13-9-12(17)3-1-11(2-4-12)15-7-5-14(10-16)6-8-15/h10-11,17H,1-9,13H2. The van der Waals surface area contributed by atoms with E-state index in [1.54, 1.807) is 0 Å². The van der Waals surface area contributed by atoms with Crippen LogP contribution < -0.4 is 5.73 Å². The van der Waals surface area contributed by atoms with Crippen LogP contribution in [0.5, 0.6) is 0 Å². The number of carbonyl (C=O) groups excluding carboxylic acids is 1. The van der Waals surface area contributed by atoms with Crippen molar-refractivity contribution in [1.29, 1.82) is 0 Å². The lowest BCUT2D eigenvalue weighted by Crippen LogP contribution is -2.53. The number of rotatable bonds is 3. The van der Waals surface area contributed by atoms with E-state index in [0.717, 1.165) is 58.3 Å². The molecule has 98 valence electrons. The van der Waals surface area contributed by atoms with Crippen LogP contribution in [0, 0.1) is 0 Å². The molecule has 1 heterocycles. The van der Waals surface area contributed by atoms with E-state index >= 15 is 0 Å². The molecule has 2 rings (SSSR count). The average Bonchev–Trinajstić information content (AvgIpc) is 2.40. The Morgan fingerprint density at radius 1 is 1.24 bits per heavy atom. The van der Waals surface area contributed by atoms with E-state index in [1.807, 2.05) is 4.90 Å². The zero-order chi connectivity index (χ0) is 12.3. The van der Waals surface area contributed by atoms with E-state index < -0.39 is 5.60 Å². The normalized spacial score (nSPS) is 35.9. The Hall–Kier alpha value is -0.650. The Balaban J connectivity index is 1.80. The fourth-order valence-electron chi connectivity index (χ4n) is 2.92. The van der Waals surface area contributed by atoms with Gasteiger partial charge in [-0.3, -0.25) is 9.69 Å². The van der Waals surface area contributed by atoms with Crippen LogP contribution in [-0.4, -0.2) is 65.7 Å². The summed E-state index contributed by atoms with van der Waals surface area (Å²) >= 11 is 0. The lowest BCUT2D eigenvalue weighted by atomic mass is 9.81. The number of carbonyl (C=O) groups is 1. The van der Waals surface area contributed by atoms with Gasteiger partial charge in [0.2, 0.25) is 6.41 Å². The summed E-state index contributed by atoms with van der Waals surface area (Å²) in [5.41, 5.74) is 4.96. The third-order valence-corrected chi connectivity index (χ3v) is 4.28. The highest BCUT2D eigenvalue weighted by Crippen LogP contribution is 2.30. The number of aliphatic hydroxyl groups is 1. The first-order chi connectivity index (χ1) is 8.17. The zero-order valence-corrected chi connectivity index (χ0v) is 10.3. The first-order valence-corrected chi connectivity index (χ1v) is 6.53. The van der Waals surface area contributed by atoms with Crippen LogP contribution in [-0.2, 0) is 4.79 Å². The molecule has 0 unspecified atom stereocenters. The van der Waals surface area contributed by atoms with Crippen LogP contribution in [0.3, 0.4) is 0 Å². The largest absolute Gasteiger partial charge is 0.389 e. The van der Waals surface area contributed by atoms with Gasteiger partial charge in [-0.2, -0.15) is 0 Å². The number of amides is 1. The molecule has 1 amide bonds. The molecule has 0 radical (unpaired) electrons. The van der Waals surface area contributed by atoms with Crippen LogP contribution >= 0.6 is 0 Å². The first kappa shape index (κ1) is 12.8. The second-order valence-corrected chi connectivity index (χ2v) is 5.34. The molecule has 3 N–H and O–H groups in total. The van der Waals surface area contributed by atoms with E-state index in [-0.39, 0.29) is 0 Å². The van der Waals surface area contributed by atoms with Crippen LogP contribution in [0.1, 0.15) is 25.7 Å². The molecule has 1 saturated carbocycles. The maximum atomic E-state index is 10.6. The third-order valence-electron chi connectivity index (χ3n) is 4.28. The van der Waals surface area contributed by atoms with Crippen molar-refractivity contribution >= 4 is 6.41 Å². The van der Waals surface area contributed by atoms with Crippen molar-refractivity contribution in [1.82, 2.24) is 9.80 Å². The minimum absolute atomic E-state index is 0.374. The number of piperazine rings is 1. The van der Waals surface area contributed by atoms with Crippen LogP contribution in [0.2, 0.25) is 0 Å². The SMILES string of the molecule is NCC1(O)CCC(N2CCN(C=O)CC2)CC1.